The highest BCUT2D eigenvalue weighted by molar-refractivity contribution is 5.92. The van der Waals surface area contributed by atoms with E-state index in [4.69, 9.17) is 5.11 Å². The highest BCUT2D eigenvalue weighted by atomic mass is 16.3. The molecule has 110 valence electrons. The van der Waals surface area contributed by atoms with E-state index in [2.05, 4.69) is 30.1 Å². The Hall–Kier alpha value is -1.39. The number of rotatable bonds is 7. The van der Waals surface area contributed by atoms with Crippen molar-refractivity contribution in [2.45, 2.75) is 38.6 Å². The van der Waals surface area contributed by atoms with Gasteiger partial charge in [0.25, 0.3) is 0 Å². The molecule has 0 saturated heterocycles. The molecule has 2 rings (SSSR count). The van der Waals surface area contributed by atoms with Crippen LogP contribution in [0, 0.1) is 0 Å². The van der Waals surface area contributed by atoms with E-state index in [1.54, 1.807) is 0 Å². The summed E-state index contributed by atoms with van der Waals surface area (Å²) in [6.07, 6.45) is 2.27. The Morgan fingerprint density at radius 1 is 1.45 bits per heavy atom. The third-order valence-corrected chi connectivity index (χ3v) is 3.63. The Morgan fingerprint density at radius 2 is 2.20 bits per heavy atom. The number of anilines is 1. The van der Waals surface area contributed by atoms with Gasteiger partial charge in [0.2, 0.25) is 5.91 Å². The normalized spacial score (nSPS) is 14.8. The third kappa shape index (κ3) is 4.32. The number of benzene rings is 1. The van der Waals surface area contributed by atoms with Crippen molar-refractivity contribution in [1.82, 2.24) is 4.90 Å². The second-order valence-electron chi connectivity index (χ2n) is 5.75. The fourth-order valence-electron chi connectivity index (χ4n) is 2.32. The van der Waals surface area contributed by atoms with Crippen LogP contribution >= 0.6 is 0 Å². The van der Waals surface area contributed by atoms with Crippen molar-refractivity contribution < 1.29 is 9.90 Å². The van der Waals surface area contributed by atoms with E-state index in [0.717, 1.165) is 18.5 Å². The number of aliphatic hydroxyl groups excluding tert-OH is 1. The number of hydrogen-bond acceptors (Lipinski definition) is 3. The number of aliphatic hydroxyl groups is 1. The first-order chi connectivity index (χ1) is 9.60. The molecule has 1 aliphatic carbocycles. The van der Waals surface area contributed by atoms with E-state index >= 15 is 0 Å². The molecule has 0 spiro atoms. The predicted octanol–water partition coefficient (Wildman–Crippen LogP) is 2.21. The van der Waals surface area contributed by atoms with Crippen molar-refractivity contribution in [2.75, 3.05) is 25.0 Å². The summed E-state index contributed by atoms with van der Waals surface area (Å²) < 4.78 is 0. The molecule has 1 aromatic rings. The lowest BCUT2D eigenvalue weighted by Gasteiger charge is -2.20. The highest BCUT2D eigenvalue weighted by Crippen LogP contribution is 2.26. The molecule has 4 nitrogen and oxygen atoms in total. The molecule has 1 saturated carbocycles. The standard InChI is InChI=1S/C16H24N2O2/c1-12(2)13-4-3-5-14(10-13)17-16(20)11-18(8-9-19)15-6-7-15/h3-5,10,12,15,19H,6-9,11H2,1-2H3,(H,17,20). The summed E-state index contributed by atoms with van der Waals surface area (Å²) in [5.74, 6) is 0.440. The van der Waals surface area contributed by atoms with Gasteiger partial charge in [0.15, 0.2) is 0 Å². The third-order valence-electron chi connectivity index (χ3n) is 3.63. The monoisotopic (exact) mass is 276 g/mol. The van der Waals surface area contributed by atoms with Crippen LogP contribution in [0.5, 0.6) is 0 Å². The molecule has 0 heterocycles. The Balaban J connectivity index is 1.91. The molecule has 2 N–H and O–H groups in total. The van der Waals surface area contributed by atoms with Crippen LogP contribution in [0.1, 0.15) is 38.2 Å². The molecule has 4 heteroatoms. The Bertz CT molecular complexity index is 456. The fraction of sp³-hybridized carbons (Fsp3) is 0.562. The Morgan fingerprint density at radius 3 is 2.80 bits per heavy atom. The maximum Gasteiger partial charge on any atom is 0.238 e. The van der Waals surface area contributed by atoms with E-state index in [1.807, 2.05) is 18.2 Å². The number of carbonyl (C=O) groups is 1. The zero-order valence-corrected chi connectivity index (χ0v) is 12.3. The first-order valence-corrected chi connectivity index (χ1v) is 7.35. The summed E-state index contributed by atoms with van der Waals surface area (Å²) in [5, 5.41) is 12.0. The summed E-state index contributed by atoms with van der Waals surface area (Å²) in [6.45, 7) is 5.31. The summed E-state index contributed by atoms with van der Waals surface area (Å²) in [7, 11) is 0. The van der Waals surface area contributed by atoms with Crippen molar-refractivity contribution in [3.63, 3.8) is 0 Å². The van der Waals surface area contributed by atoms with Gasteiger partial charge >= 0.3 is 0 Å². The SMILES string of the molecule is CC(C)c1cccc(NC(=O)CN(CCO)C2CC2)c1. The summed E-state index contributed by atoms with van der Waals surface area (Å²) in [6, 6.07) is 8.46. The smallest absolute Gasteiger partial charge is 0.238 e. The van der Waals surface area contributed by atoms with E-state index < -0.39 is 0 Å². The number of nitrogens with one attached hydrogen (secondary N) is 1. The molecule has 1 amide bonds. The van der Waals surface area contributed by atoms with Crippen molar-refractivity contribution in [2.24, 2.45) is 0 Å². The van der Waals surface area contributed by atoms with Gasteiger partial charge < -0.3 is 10.4 Å². The van der Waals surface area contributed by atoms with Crippen LogP contribution < -0.4 is 5.32 Å². The van der Waals surface area contributed by atoms with Crippen molar-refractivity contribution in [1.29, 1.82) is 0 Å². The molecule has 1 fully saturated rings. The van der Waals surface area contributed by atoms with Crippen LogP contribution in [-0.4, -0.2) is 41.7 Å². The van der Waals surface area contributed by atoms with E-state index in [1.165, 1.54) is 5.56 Å². The number of amides is 1. The van der Waals surface area contributed by atoms with Gasteiger partial charge in [0, 0.05) is 18.3 Å². The number of carbonyl (C=O) groups excluding carboxylic acids is 1. The number of nitrogens with zero attached hydrogens (tertiary/aromatic N) is 1. The van der Waals surface area contributed by atoms with Gasteiger partial charge in [0.1, 0.15) is 0 Å². The van der Waals surface area contributed by atoms with E-state index in [-0.39, 0.29) is 12.5 Å². The van der Waals surface area contributed by atoms with Crippen LogP contribution in [0.25, 0.3) is 0 Å². The van der Waals surface area contributed by atoms with Crippen LogP contribution in [0.15, 0.2) is 24.3 Å². The maximum atomic E-state index is 12.1. The molecule has 0 aromatic heterocycles. The Labute approximate surface area is 120 Å². The number of hydrogen-bond donors (Lipinski definition) is 2. The Kier molecular flexibility index (Phi) is 5.15. The predicted molar refractivity (Wildman–Crippen MR) is 80.8 cm³/mol. The quantitative estimate of drug-likeness (QED) is 0.803. The lowest BCUT2D eigenvalue weighted by atomic mass is 10.0. The first kappa shape index (κ1) is 15.0. The molecule has 0 atom stereocenters. The minimum Gasteiger partial charge on any atom is -0.395 e. The van der Waals surface area contributed by atoms with Crippen molar-refractivity contribution >= 4 is 11.6 Å². The highest BCUT2D eigenvalue weighted by Gasteiger charge is 2.29. The van der Waals surface area contributed by atoms with E-state index in [9.17, 15) is 4.79 Å². The maximum absolute atomic E-state index is 12.1. The molecule has 20 heavy (non-hydrogen) atoms. The molecule has 0 aliphatic heterocycles. The molecule has 1 aromatic carbocycles. The second kappa shape index (κ2) is 6.86. The minimum atomic E-state index is -0.00810. The average molecular weight is 276 g/mol. The fourth-order valence-corrected chi connectivity index (χ4v) is 2.32. The van der Waals surface area contributed by atoms with Crippen molar-refractivity contribution in [3.05, 3.63) is 29.8 Å². The second-order valence-corrected chi connectivity index (χ2v) is 5.75. The lowest BCUT2D eigenvalue weighted by Crippen LogP contribution is -2.36. The van der Waals surface area contributed by atoms with Gasteiger partial charge in [-0.05, 0) is 36.5 Å². The van der Waals surface area contributed by atoms with Crippen LogP contribution in [0.4, 0.5) is 5.69 Å². The molecular formula is C16H24N2O2. The zero-order chi connectivity index (χ0) is 14.5. The molecule has 1 aliphatic rings. The van der Waals surface area contributed by atoms with Crippen molar-refractivity contribution in [3.8, 4) is 0 Å². The molecule has 0 radical (unpaired) electrons. The molecule has 0 bridgehead atoms. The summed E-state index contributed by atoms with van der Waals surface area (Å²) in [5.41, 5.74) is 2.07. The van der Waals surface area contributed by atoms with Gasteiger partial charge in [-0.3, -0.25) is 9.69 Å². The van der Waals surface area contributed by atoms with Crippen LogP contribution in [-0.2, 0) is 4.79 Å². The van der Waals surface area contributed by atoms with Gasteiger partial charge in [-0.15, -0.1) is 0 Å². The average Bonchev–Trinajstić information content (AvgIpc) is 3.22. The van der Waals surface area contributed by atoms with Gasteiger partial charge in [-0.25, -0.2) is 0 Å². The zero-order valence-electron chi connectivity index (χ0n) is 12.3. The van der Waals surface area contributed by atoms with Gasteiger partial charge in [-0.2, -0.15) is 0 Å². The molecule has 0 unspecified atom stereocenters. The topological polar surface area (TPSA) is 52.6 Å². The van der Waals surface area contributed by atoms with E-state index in [0.29, 0.717) is 25.0 Å². The lowest BCUT2D eigenvalue weighted by molar-refractivity contribution is -0.117. The largest absolute Gasteiger partial charge is 0.395 e. The molecular weight excluding hydrogens is 252 g/mol. The van der Waals surface area contributed by atoms with Crippen LogP contribution in [0.2, 0.25) is 0 Å². The van der Waals surface area contributed by atoms with Gasteiger partial charge in [0.05, 0.1) is 13.2 Å². The summed E-state index contributed by atoms with van der Waals surface area (Å²) >= 11 is 0. The van der Waals surface area contributed by atoms with Crippen LogP contribution in [0.3, 0.4) is 0 Å². The van der Waals surface area contributed by atoms with Gasteiger partial charge in [-0.1, -0.05) is 26.0 Å². The summed E-state index contributed by atoms with van der Waals surface area (Å²) in [4.78, 5) is 14.1. The first-order valence-electron chi connectivity index (χ1n) is 7.35. The minimum absolute atomic E-state index is 0.00810.